The summed E-state index contributed by atoms with van der Waals surface area (Å²) in [5, 5.41) is 3.31. The highest BCUT2D eigenvalue weighted by atomic mass is 79.9. The van der Waals surface area contributed by atoms with E-state index in [1.807, 2.05) is 79.7 Å². The molecule has 0 unspecified atom stereocenters. The van der Waals surface area contributed by atoms with E-state index in [1.54, 1.807) is 7.11 Å². The lowest BCUT2D eigenvalue weighted by molar-refractivity contribution is -0.140. The molecule has 0 fully saturated rings. The number of para-hydroxylation sites is 2. The first-order chi connectivity index (χ1) is 16.0. The summed E-state index contributed by atoms with van der Waals surface area (Å²) in [6.45, 7) is 2.06. The summed E-state index contributed by atoms with van der Waals surface area (Å²) in [6.07, 6.45) is 0. The van der Waals surface area contributed by atoms with Gasteiger partial charge in [-0.1, -0.05) is 52.3 Å². The molecule has 1 aliphatic heterocycles. The van der Waals surface area contributed by atoms with E-state index in [0.717, 1.165) is 38.1 Å². The Kier molecular flexibility index (Phi) is 5.64. The van der Waals surface area contributed by atoms with Gasteiger partial charge in [-0.2, -0.15) is 0 Å². The summed E-state index contributed by atoms with van der Waals surface area (Å²) in [6, 6.07) is 23.0. The zero-order chi connectivity index (χ0) is 22.9. The van der Waals surface area contributed by atoms with E-state index in [-0.39, 0.29) is 18.6 Å². The Labute approximate surface area is 200 Å². The summed E-state index contributed by atoms with van der Waals surface area (Å²) < 4.78 is 14.0. The standard InChI is InChI=1S/C26H22BrN3O3/c1-16-23(25(31)33-15-17-7-13-20(32-2)14-8-17)24(18-9-11-19(27)12-10-18)30-22-6-4-3-5-21(22)29-26(30)28-16/h3-14,24H,15H2,1-2H3,(H,28,29)/t24-/m1/s1. The van der Waals surface area contributed by atoms with Gasteiger partial charge >= 0.3 is 5.97 Å². The first kappa shape index (κ1) is 21.3. The van der Waals surface area contributed by atoms with Crippen molar-refractivity contribution in [3.8, 4) is 5.75 Å². The van der Waals surface area contributed by atoms with Gasteiger partial charge < -0.3 is 14.8 Å². The van der Waals surface area contributed by atoms with Gasteiger partial charge in [-0.05, 0) is 54.4 Å². The van der Waals surface area contributed by atoms with E-state index in [2.05, 4.69) is 25.8 Å². The Bertz CT molecular complexity index is 1360. The molecule has 5 rings (SSSR count). The van der Waals surface area contributed by atoms with Gasteiger partial charge in [0.2, 0.25) is 5.95 Å². The van der Waals surface area contributed by atoms with Gasteiger partial charge in [0.15, 0.2) is 0 Å². The zero-order valence-corrected chi connectivity index (χ0v) is 19.8. The highest BCUT2D eigenvalue weighted by Gasteiger charge is 2.35. The molecule has 1 aromatic heterocycles. The molecule has 0 amide bonds. The number of carbonyl (C=O) groups is 1. The van der Waals surface area contributed by atoms with Crippen LogP contribution in [0.4, 0.5) is 5.95 Å². The second kappa shape index (κ2) is 8.75. The molecule has 0 spiro atoms. The summed E-state index contributed by atoms with van der Waals surface area (Å²) in [5.41, 5.74) is 4.95. The maximum atomic E-state index is 13.4. The molecule has 0 saturated heterocycles. The first-order valence-corrected chi connectivity index (χ1v) is 11.3. The van der Waals surface area contributed by atoms with Gasteiger partial charge in [-0.3, -0.25) is 4.57 Å². The van der Waals surface area contributed by atoms with Crippen molar-refractivity contribution in [3.63, 3.8) is 0 Å². The molecule has 166 valence electrons. The molecule has 0 radical (unpaired) electrons. The van der Waals surface area contributed by atoms with Crippen molar-refractivity contribution in [3.05, 3.63) is 99.7 Å². The highest BCUT2D eigenvalue weighted by molar-refractivity contribution is 9.10. The zero-order valence-electron chi connectivity index (χ0n) is 18.2. The molecule has 7 heteroatoms. The number of imidazole rings is 1. The number of nitrogens with one attached hydrogen (secondary N) is 1. The number of aromatic nitrogens is 2. The molecule has 33 heavy (non-hydrogen) atoms. The van der Waals surface area contributed by atoms with Crippen LogP contribution in [0.15, 0.2) is 88.5 Å². The minimum Gasteiger partial charge on any atom is -0.497 e. The molecule has 2 heterocycles. The Morgan fingerprint density at radius 3 is 2.52 bits per heavy atom. The van der Waals surface area contributed by atoms with Crippen LogP contribution in [0.2, 0.25) is 0 Å². The molecule has 1 aliphatic rings. The number of rotatable bonds is 5. The molecule has 0 saturated carbocycles. The van der Waals surface area contributed by atoms with Crippen molar-refractivity contribution >= 4 is 38.9 Å². The van der Waals surface area contributed by atoms with Gasteiger partial charge in [-0.15, -0.1) is 0 Å². The largest absolute Gasteiger partial charge is 0.497 e. The van der Waals surface area contributed by atoms with Crippen molar-refractivity contribution in [1.82, 2.24) is 9.55 Å². The average molecular weight is 504 g/mol. The van der Waals surface area contributed by atoms with Crippen LogP contribution in [0.5, 0.6) is 5.75 Å². The van der Waals surface area contributed by atoms with Crippen LogP contribution in [0.1, 0.15) is 24.1 Å². The number of halogens is 1. The fourth-order valence-electron chi connectivity index (χ4n) is 4.14. The van der Waals surface area contributed by atoms with Gasteiger partial charge in [0, 0.05) is 10.2 Å². The van der Waals surface area contributed by atoms with Crippen LogP contribution >= 0.6 is 15.9 Å². The van der Waals surface area contributed by atoms with E-state index in [4.69, 9.17) is 14.5 Å². The Balaban J connectivity index is 1.53. The number of allylic oxidation sites excluding steroid dienone is 1. The summed E-state index contributed by atoms with van der Waals surface area (Å²) in [7, 11) is 1.62. The van der Waals surface area contributed by atoms with Crippen LogP contribution in [-0.2, 0) is 16.1 Å². The number of hydrogen-bond acceptors (Lipinski definition) is 5. The third-order valence-corrected chi connectivity index (χ3v) is 6.29. The lowest BCUT2D eigenvalue weighted by Crippen LogP contribution is -2.28. The summed E-state index contributed by atoms with van der Waals surface area (Å²) in [4.78, 5) is 18.2. The van der Waals surface area contributed by atoms with Crippen LogP contribution in [0.3, 0.4) is 0 Å². The van der Waals surface area contributed by atoms with Crippen LogP contribution < -0.4 is 10.1 Å². The molecular weight excluding hydrogens is 482 g/mol. The van der Waals surface area contributed by atoms with Crippen molar-refractivity contribution in [2.45, 2.75) is 19.6 Å². The van der Waals surface area contributed by atoms with E-state index >= 15 is 0 Å². The average Bonchev–Trinajstić information content (AvgIpc) is 3.20. The van der Waals surface area contributed by atoms with E-state index in [9.17, 15) is 4.79 Å². The smallest absolute Gasteiger partial charge is 0.338 e. The molecule has 1 N–H and O–H groups in total. The number of esters is 1. The van der Waals surface area contributed by atoms with Gasteiger partial charge in [0.05, 0.1) is 29.8 Å². The quantitative estimate of drug-likeness (QED) is 0.346. The summed E-state index contributed by atoms with van der Waals surface area (Å²) in [5.74, 6) is 1.09. The molecular formula is C26H22BrN3O3. The Morgan fingerprint density at radius 2 is 1.79 bits per heavy atom. The number of methoxy groups -OCH3 is 1. The molecule has 3 aromatic carbocycles. The lowest BCUT2D eigenvalue weighted by atomic mass is 9.95. The van der Waals surface area contributed by atoms with Crippen molar-refractivity contribution in [2.75, 3.05) is 12.4 Å². The highest BCUT2D eigenvalue weighted by Crippen LogP contribution is 2.39. The molecule has 0 bridgehead atoms. The van der Waals surface area contributed by atoms with Crippen LogP contribution in [-0.4, -0.2) is 22.6 Å². The van der Waals surface area contributed by atoms with Crippen LogP contribution in [0, 0.1) is 0 Å². The predicted molar refractivity (Wildman–Crippen MR) is 131 cm³/mol. The second-order valence-corrected chi connectivity index (χ2v) is 8.75. The maximum absolute atomic E-state index is 13.4. The SMILES string of the molecule is COc1ccc(COC(=O)C2=C(C)Nc3nc4ccccc4n3[C@@H]2c2ccc(Br)cc2)cc1. The molecule has 1 atom stereocenters. The fraction of sp³-hybridized carbons (Fsp3) is 0.154. The normalized spacial score (nSPS) is 15.2. The number of fused-ring (bicyclic) bond motifs is 3. The molecule has 6 nitrogen and oxygen atoms in total. The van der Waals surface area contributed by atoms with E-state index in [1.165, 1.54) is 0 Å². The first-order valence-electron chi connectivity index (χ1n) is 10.6. The molecule has 0 aliphatic carbocycles. The number of nitrogens with zero attached hydrogens (tertiary/aromatic N) is 2. The number of anilines is 1. The van der Waals surface area contributed by atoms with Gasteiger partial charge in [0.25, 0.3) is 0 Å². The summed E-state index contributed by atoms with van der Waals surface area (Å²) >= 11 is 3.51. The monoisotopic (exact) mass is 503 g/mol. The Hall–Kier alpha value is -3.58. The van der Waals surface area contributed by atoms with Gasteiger partial charge in [0.1, 0.15) is 12.4 Å². The number of carbonyl (C=O) groups excluding carboxylic acids is 1. The number of benzene rings is 3. The maximum Gasteiger partial charge on any atom is 0.338 e. The fourth-order valence-corrected chi connectivity index (χ4v) is 4.40. The third kappa shape index (κ3) is 4.00. The van der Waals surface area contributed by atoms with Gasteiger partial charge in [-0.25, -0.2) is 9.78 Å². The van der Waals surface area contributed by atoms with Crippen LogP contribution in [0.25, 0.3) is 11.0 Å². The van der Waals surface area contributed by atoms with E-state index in [0.29, 0.717) is 11.5 Å². The topological polar surface area (TPSA) is 65.4 Å². The Morgan fingerprint density at radius 1 is 1.06 bits per heavy atom. The van der Waals surface area contributed by atoms with Crippen molar-refractivity contribution in [2.24, 2.45) is 0 Å². The minimum atomic E-state index is -0.370. The van der Waals surface area contributed by atoms with Crippen molar-refractivity contribution in [1.29, 1.82) is 0 Å². The second-order valence-electron chi connectivity index (χ2n) is 7.84. The molecule has 4 aromatic rings. The number of hydrogen-bond donors (Lipinski definition) is 1. The van der Waals surface area contributed by atoms with E-state index < -0.39 is 0 Å². The minimum absolute atomic E-state index is 0.171. The van der Waals surface area contributed by atoms with Crippen molar-refractivity contribution < 1.29 is 14.3 Å². The lowest BCUT2D eigenvalue weighted by Gasteiger charge is -2.30. The third-order valence-electron chi connectivity index (χ3n) is 5.77. The predicted octanol–water partition coefficient (Wildman–Crippen LogP) is 5.84. The number of ether oxygens (including phenoxy) is 2.